The number of nitrogens with one attached hydrogen (secondary N) is 4. The molecular formula is C21H33N5O4. The van der Waals surface area contributed by atoms with Crippen LogP contribution in [0.25, 0.3) is 0 Å². The van der Waals surface area contributed by atoms with Crippen LogP contribution in [-0.4, -0.2) is 53.8 Å². The topological polar surface area (TPSA) is 129 Å². The second-order valence-corrected chi connectivity index (χ2v) is 7.20. The van der Waals surface area contributed by atoms with E-state index in [9.17, 15) is 19.2 Å². The first-order chi connectivity index (χ1) is 14.3. The van der Waals surface area contributed by atoms with Crippen LogP contribution in [0.15, 0.2) is 18.3 Å². The maximum atomic E-state index is 12.3. The molecule has 0 radical (unpaired) electrons. The van der Waals surface area contributed by atoms with Gasteiger partial charge in [-0.3, -0.25) is 24.2 Å². The monoisotopic (exact) mass is 419 g/mol. The van der Waals surface area contributed by atoms with Crippen LogP contribution >= 0.6 is 0 Å². The first-order valence-corrected chi connectivity index (χ1v) is 10.4. The summed E-state index contributed by atoms with van der Waals surface area (Å²) in [5.74, 6) is -1.12. The van der Waals surface area contributed by atoms with Crippen LogP contribution in [0.5, 0.6) is 0 Å². The van der Waals surface area contributed by atoms with E-state index in [0.29, 0.717) is 0 Å². The van der Waals surface area contributed by atoms with E-state index in [0.717, 1.165) is 12.8 Å². The molecule has 9 nitrogen and oxygen atoms in total. The Bertz CT molecular complexity index is 681. The molecule has 0 saturated carbocycles. The van der Waals surface area contributed by atoms with Gasteiger partial charge in [-0.2, -0.15) is 0 Å². The minimum Gasteiger partial charge on any atom is -0.354 e. The lowest BCUT2D eigenvalue weighted by molar-refractivity contribution is -0.122. The molecule has 1 heterocycles. The zero-order chi connectivity index (χ0) is 22.5. The van der Waals surface area contributed by atoms with Crippen molar-refractivity contribution >= 4 is 23.6 Å². The van der Waals surface area contributed by atoms with E-state index >= 15 is 0 Å². The lowest BCUT2D eigenvalue weighted by Crippen LogP contribution is -2.35. The van der Waals surface area contributed by atoms with E-state index in [1.165, 1.54) is 18.3 Å². The number of hydrogen-bond donors (Lipinski definition) is 4. The molecule has 0 aliphatic heterocycles. The van der Waals surface area contributed by atoms with Gasteiger partial charge in [0.25, 0.3) is 11.8 Å². The Labute approximate surface area is 177 Å². The third-order valence-electron chi connectivity index (χ3n) is 4.57. The number of nitrogens with zero attached hydrogens (tertiary/aromatic N) is 1. The molecule has 2 atom stereocenters. The van der Waals surface area contributed by atoms with Crippen molar-refractivity contribution in [2.24, 2.45) is 0 Å². The SMILES string of the molecule is CC[C@@H](C)NC(=O)CCNC(=O)c1ccnc(C(=O)NCCC(=O)N[C@@H](C)CC)c1. The number of hydrogen-bond acceptors (Lipinski definition) is 5. The molecule has 4 amide bonds. The van der Waals surface area contributed by atoms with E-state index in [-0.39, 0.29) is 61.1 Å². The van der Waals surface area contributed by atoms with Crippen LogP contribution in [0.4, 0.5) is 0 Å². The van der Waals surface area contributed by atoms with Crippen molar-refractivity contribution < 1.29 is 19.2 Å². The molecule has 0 spiro atoms. The maximum absolute atomic E-state index is 12.3. The molecule has 1 rings (SSSR count). The average Bonchev–Trinajstić information content (AvgIpc) is 2.73. The number of carbonyl (C=O) groups is 4. The molecule has 0 aliphatic rings. The fraction of sp³-hybridized carbons (Fsp3) is 0.571. The van der Waals surface area contributed by atoms with E-state index in [2.05, 4.69) is 26.3 Å². The van der Waals surface area contributed by atoms with Gasteiger partial charge in [0.05, 0.1) is 0 Å². The fourth-order valence-electron chi connectivity index (χ4n) is 2.37. The summed E-state index contributed by atoms with van der Waals surface area (Å²) in [4.78, 5) is 51.9. The summed E-state index contributed by atoms with van der Waals surface area (Å²) in [5.41, 5.74) is 0.353. The van der Waals surface area contributed by atoms with Gasteiger partial charge in [-0.1, -0.05) is 13.8 Å². The summed E-state index contributed by atoms with van der Waals surface area (Å²) in [7, 11) is 0. The van der Waals surface area contributed by atoms with Gasteiger partial charge in [0.15, 0.2) is 0 Å². The summed E-state index contributed by atoms with van der Waals surface area (Å²) in [6.07, 6.45) is 3.37. The van der Waals surface area contributed by atoms with E-state index in [1.807, 2.05) is 27.7 Å². The van der Waals surface area contributed by atoms with Crippen molar-refractivity contribution in [3.05, 3.63) is 29.6 Å². The van der Waals surface area contributed by atoms with Crippen LogP contribution in [0.3, 0.4) is 0 Å². The average molecular weight is 420 g/mol. The molecule has 1 aromatic heterocycles. The minimum absolute atomic E-state index is 0.0829. The van der Waals surface area contributed by atoms with Gasteiger partial charge < -0.3 is 21.3 Å². The Hall–Kier alpha value is -2.97. The first kappa shape index (κ1) is 25.1. The standard InChI is InChI=1S/C21H33N5O4/c1-5-14(3)25-18(27)8-11-23-20(29)16-7-10-22-17(13-16)21(30)24-12-9-19(28)26-15(4)6-2/h7,10,13-15H,5-6,8-9,11-12H2,1-4H3,(H,23,29)(H,24,30)(H,25,27)(H,26,28)/t14-,15+/m1/s1. The van der Waals surface area contributed by atoms with Crippen LogP contribution in [0, 0.1) is 0 Å². The van der Waals surface area contributed by atoms with Gasteiger partial charge in [0.1, 0.15) is 5.69 Å². The Morgan fingerprint density at radius 3 is 1.87 bits per heavy atom. The lowest BCUT2D eigenvalue weighted by atomic mass is 10.2. The normalized spacial score (nSPS) is 12.4. The molecule has 0 bridgehead atoms. The zero-order valence-corrected chi connectivity index (χ0v) is 18.2. The predicted octanol–water partition coefficient (Wildman–Crippen LogP) is 1.15. The van der Waals surface area contributed by atoms with Crippen molar-refractivity contribution in [2.75, 3.05) is 13.1 Å². The van der Waals surface area contributed by atoms with E-state index in [4.69, 9.17) is 0 Å². The van der Waals surface area contributed by atoms with Gasteiger partial charge >= 0.3 is 0 Å². The number of carbonyl (C=O) groups excluding carboxylic acids is 4. The van der Waals surface area contributed by atoms with Gasteiger partial charge in [0, 0.05) is 49.8 Å². The van der Waals surface area contributed by atoms with Gasteiger partial charge in [-0.15, -0.1) is 0 Å². The Morgan fingerprint density at radius 2 is 1.37 bits per heavy atom. The molecule has 1 aromatic rings. The number of rotatable bonds is 12. The smallest absolute Gasteiger partial charge is 0.269 e. The minimum atomic E-state index is -0.464. The maximum Gasteiger partial charge on any atom is 0.269 e. The second-order valence-electron chi connectivity index (χ2n) is 7.20. The van der Waals surface area contributed by atoms with Crippen molar-refractivity contribution in [3.8, 4) is 0 Å². The second kappa shape index (κ2) is 13.3. The highest BCUT2D eigenvalue weighted by atomic mass is 16.2. The highest BCUT2D eigenvalue weighted by molar-refractivity contribution is 5.98. The Kier molecular flexibility index (Phi) is 11.1. The third-order valence-corrected chi connectivity index (χ3v) is 4.57. The zero-order valence-electron chi connectivity index (χ0n) is 18.2. The molecule has 0 unspecified atom stereocenters. The lowest BCUT2D eigenvalue weighted by Gasteiger charge is -2.12. The summed E-state index contributed by atoms with van der Waals surface area (Å²) >= 11 is 0. The van der Waals surface area contributed by atoms with Crippen molar-refractivity contribution in [2.45, 2.75) is 65.5 Å². The molecule has 0 saturated heterocycles. The highest BCUT2D eigenvalue weighted by Gasteiger charge is 2.13. The van der Waals surface area contributed by atoms with Crippen LogP contribution < -0.4 is 21.3 Å². The van der Waals surface area contributed by atoms with Crippen molar-refractivity contribution in [1.82, 2.24) is 26.3 Å². The summed E-state index contributed by atoms with van der Waals surface area (Å²) < 4.78 is 0. The molecule has 30 heavy (non-hydrogen) atoms. The molecular weight excluding hydrogens is 386 g/mol. The molecule has 9 heteroatoms. The molecule has 0 fully saturated rings. The van der Waals surface area contributed by atoms with Crippen LogP contribution in [0.2, 0.25) is 0 Å². The first-order valence-electron chi connectivity index (χ1n) is 10.4. The molecule has 166 valence electrons. The Morgan fingerprint density at radius 1 is 0.867 bits per heavy atom. The molecule has 0 aliphatic carbocycles. The fourth-order valence-corrected chi connectivity index (χ4v) is 2.37. The van der Waals surface area contributed by atoms with Crippen LogP contribution in [-0.2, 0) is 9.59 Å². The van der Waals surface area contributed by atoms with Crippen LogP contribution in [0.1, 0.15) is 74.2 Å². The quantitative estimate of drug-likeness (QED) is 0.404. The number of amides is 4. The third kappa shape index (κ3) is 9.49. The predicted molar refractivity (Wildman–Crippen MR) is 114 cm³/mol. The highest BCUT2D eigenvalue weighted by Crippen LogP contribution is 2.02. The summed E-state index contributed by atoms with van der Waals surface area (Å²) in [6, 6.07) is 3.05. The van der Waals surface area contributed by atoms with Gasteiger partial charge in [0.2, 0.25) is 11.8 Å². The Balaban J connectivity index is 2.47. The summed E-state index contributed by atoms with van der Waals surface area (Å²) in [6.45, 7) is 8.14. The van der Waals surface area contributed by atoms with Gasteiger partial charge in [-0.25, -0.2) is 0 Å². The number of aromatic nitrogens is 1. The molecule has 4 N–H and O–H groups in total. The van der Waals surface area contributed by atoms with Gasteiger partial charge in [-0.05, 0) is 38.8 Å². The van der Waals surface area contributed by atoms with Crippen molar-refractivity contribution in [3.63, 3.8) is 0 Å². The van der Waals surface area contributed by atoms with E-state index in [1.54, 1.807) is 0 Å². The van der Waals surface area contributed by atoms with E-state index < -0.39 is 11.8 Å². The molecule has 0 aromatic carbocycles. The number of pyridine rings is 1. The summed E-state index contributed by atoms with van der Waals surface area (Å²) in [5, 5.41) is 10.9. The largest absolute Gasteiger partial charge is 0.354 e. The van der Waals surface area contributed by atoms with Crippen molar-refractivity contribution in [1.29, 1.82) is 0 Å².